The number of hydrogen-bond donors (Lipinski definition) is 3. The summed E-state index contributed by atoms with van der Waals surface area (Å²) in [5.74, 6) is -13.1. The number of aromatic nitrogens is 2. The quantitative estimate of drug-likeness (QED) is 0.0686. The number of methoxy groups -OCH3 is 3. The molecule has 0 aliphatic carbocycles. The number of ether oxygens (including phenoxy) is 7. The highest BCUT2D eigenvalue weighted by Crippen LogP contribution is 2.43. The molecule has 0 saturated heterocycles. The Kier molecular flexibility index (Phi) is 17.7. The summed E-state index contributed by atoms with van der Waals surface area (Å²) in [5, 5.41) is 4.39. The molecule has 4 N–H and O–H groups in total. The summed E-state index contributed by atoms with van der Waals surface area (Å²) in [7, 11) is 3.16. The van der Waals surface area contributed by atoms with Gasteiger partial charge in [0.05, 0.1) is 32.5 Å². The van der Waals surface area contributed by atoms with E-state index in [1.54, 1.807) is 0 Å². The van der Waals surface area contributed by atoms with Crippen molar-refractivity contribution in [1.82, 2.24) is 9.97 Å². The normalized spacial score (nSPS) is 11.6. The predicted molar refractivity (Wildman–Crippen MR) is 236 cm³/mol. The maximum atomic E-state index is 15.2. The number of nitrogens with one attached hydrogen (secondary N) is 2. The molecular weight excluding hydrogens is 1080 g/mol. The van der Waals surface area contributed by atoms with Crippen molar-refractivity contribution in [3.8, 4) is 46.0 Å². The number of aryl methyl sites for hydroxylation is 2. The number of nitrogens with zero attached hydrogens (tertiary/aromatic N) is 2. The van der Waals surface area contributed by atoms with Crippen molar-refractivity contribution in [2.45, 2.75) is 38.9 Å². The van der Waals surface area contributed by atoms with Gasteiger partial charge < -0.3 is 49.5 Å². The van der Waals surface area contributed by atoms with Crippen molar-refractivity contribution >= 4 is 35.1 Å². The standard InChI is InChI=1S/C24H17F7N2O6.C23H16F7N3O5/c1-11-10-32-15(22(35)37-3)9-14(11)33-21(34)19-17(7-5-13(20(19)25)23(26,27)28)38-16-6-4-12(8-18(16)36-2)39-24(29,30)31;1-10-9-32-14(20(31)34)8-13(10)33-21(35)18-16(6-4-12(19(18)24)22(25,26)27)37-15-5-3-11(7-17(15)36-2)38-23(28,29)30/h4-10H,1-3H3,(H,32,33,34);3-9H,1-2H3,(H2,31,34)(H,32,33,35). The average Bonchev–Trinajstić information content (AvgIpc) is 3.32. The number of rotatable bonds is 14. The van der Waals surface area contributed by atoms with Gasteiger partial charge in [-0.1, -0.05) is 0 Å². The van der Waals surface area contributed by atoms with Crippen molar-refractivity contribution in [3.05, 3.63) is 142 Å². The van der Waals surface area contributed by atoms with Crippen LogP contribution in [-0.2, 0) is 17.1 Å². The fourth-order valence-electron chi connectivity index (χ4n) is 6.28. The zero-order chi connectivity index (χ0) is 57.5. The van der Waals surface area contributed by atoms with E-state index in [0.29, 0.717) is 24.3 Å². The van der Waals surface area contributed by atoms with Crippen LogP contribution < -0.4 is 44.8 Å². The molecule has 0 spiro atoms. The lowest BCUT2D eigenvalue weighted by Crippen LogP contribution is -2.20. The third kappa shape index (κ3) is 15.0. The SMILES string of the molecule is COC(=O)c1cc(NC(=O)c2c(Oc3ccc(OC(F)(F)F)cc3OC)ccc(C(F)(F)F)c2F)c(C)cn1.COc1cc(OC(F)(F)F)ccc1Oc1ccc(C(F)(F)F)c(F)c1C(=O)Nc1cc(C(N)=O)ncc1C. The van der Waals surface area contributed by atoms with Crippen LogP contribution in [0.3, 0.4) is 0 Å². The Balaban J connectivity index is 0.000000284. The Labute approximate surface area is 422 Å². The minimum Gasteiger partial charge on any atom is -0.493 e. The lowest BCUT2D eigenvalue weighted by Gasteiger charge is -2.18. The first-order valence-electron chi connectivity index (χ1n) is 20.7. The summed E-state index contributed by atoms with van der Waals surface area (Å²) >= 11 is 0. The number of anilines is 2. The van der Waals surface area contributed by atoms with Gasteiger partial charge in [0, 0.05) is 35.9 Å². The molecule has 3 amide bonds. The molecule has 0 unspecified atom stereocenters. The van der Waals surface area contributed by atoms with E-state index in [-0.39, 0.29) is 56.9 Å². The first kappa shape index (κ1) is 58.8. The summed E-state index contributed by atoms with van der Waals surface area (Å²) in [6, 6.07) is 8.98. The number of halogens is 14. The number of esters is 1. The van der Waals surface area contributed by atoms with E-state index < -0.39 is 106 Å². The van der Waals surface area contributed by atoms with Gasteiger partial charge in [0.25, 0.3) is 17.7 Å². The molecule has 0 aliphatic heterocycles. The lowest BCUT2D eigenvalue weighted by atomic mass is 10.1. The highest BCUT2D eigenvalue weighted by atomic mass is 19.4. The number of carbonyl (C=O) groups is 4. The van der Waals surface area contributed by atoms with E-state index in [1.807, 2.05) is 0 Å². The Hall–Kier alpha value is -9.12. The fraction of sp³-hybridized carbons (Fsp3) is 0.191. The zero-order valence-corrected chi connectivity index (χ0v) is 39.3. The van der Waals surface area contributed by atoms with Gasteiger partial charge in [0.15, 0.2) is 34.6 Å². The molecule has 410 valence electrons. The summed E-state index contributed by atoms with van der Waals surface area (Å²) in [6.07, 6.45) is -18.2. The predicted octanol–water partition coefficient (Wildman–Crippen LogP) is 11.9. The van der Waals surface area contributed by atoms with E-state index in [0.717, 1.165) is 82.3 Å². The lowest BCUT2D eigenvalue weighted by molar-refractivity contribution is -0.275. The van der Waals surface area contributed by atoms with Crippen molar-refractivity contribution < 1.29 is 114 Å². The van der Waals surface area contributed by atoms with Crippen molar-refractivity contribution in [3.63, 3.8) is 0 Å². The molecule has 0 atom stereocenters. The van der Waals surface area contributed by atoms with E-state index in [4.69, 9.17) is 24.7 Å². The number of primary amides is 1. The molecular formula is C47H33F14N5O11. The first-order valence-corrected chi connectivity index (χ1v) is 20.7. The van der Waals surface area contributed by atoms with Crippen LogP contribution in [0.15, 0.2) is 85.2 Å². The second-order valence-electron chi connectivity index (χ2n) is 15.1. The van der Waals surface area contributed by atoms with Crippen molar-refractivity contribution in [2.24, 2.45) is 5.73 Å². The number of alkyl halides is 12. The average molecular weight is 1110 g/mol. The fourth-order valence-corrected chi connectivity index (χ4v) is 6.28. The summed E-state index contributed by atoms with van der Waals surface area (Å²) in [4.78, 5) is 56.8. The molecule has 16 nitrogen and oxygen atoms in total. The van der Waals surface area contributed by atoms with Gasteiger partial charge in [-0.3, -0.25) is 19.4 Å². The monoisotopic (exact) mass is 1110 g/mol. The highest BCUT2D eigenvalue weighted by molar-refractivity contribution is 6.08. The number of nitrogens with two attached hydrogens (primary N) is 1. The molecule has 4 aromatic carbocycles. The van der Waals surface area contributed by atoms with Gasteiger partial charge in [0.1, 0.15) is 45.5 Å². The molecule has 30 heteroatoms. The van der Waals surface area contributed by atoms with Crippen LogP contribution in [0.1, 0.15) is 63.9 Å². The number of benzene rings is 4. The van der Waals surface area contributed by atoms with E-state index in [1.165, 1.54) is 13.8 Å². The van der Waals surface area contributed by atoms with Crippen molar-refractivity contribution in [2.75, 3.05) is 32.0 Å². The number of hydrogen-bond acceptors (Lipinski definition) is 13. The Bertz CT molecular complexity index is 3220. The van der Waals surface area contributed by atoms with Gasteiger partial charge in [0.2, 0.25) is 0 Å². The molecule has 0 radical (unpaired) electrons. The van der Waals surface area contributed by atoms with E-state index in [9.17, 15) is 71.9 Å². The largest absolute Gasteiger partial charge is 0.573 e. The maximum Gasteiger partial charge on any atom is 0.573 e. The minimum absolute atomic E-state index is 0.107. The second-order valence-corrected chi connectivity index (χ2v) is 15.1. The van der Waals surface area contributed by atoms with Crippen LogP contribution >= 0.6 is 0 Å². The summed E-state index contributed by atoms with van der Waals surface area (Å²) in [6.45, 7) is 2.88. The van der Waals surface area contributed by atoms with Gasteiger partial charge in [-0.2, -0.15) is 26.3 Å². The van der Waals surface area contributed by atoms with Crippen LogP contribution in [0.2, 0.25) is 0 Å². The second kappa shape index (κ2) is 23.2. The molecule has 2 heterocycles. The van der Waals surface area contributed by atoms with Crippen LogP contribution in [0, 0.1) is 25.5 Å². The van der Waals surface area contributed by atoms with Crippen LogP contribution in [-0.4, -0.2) is 67.7 Å². The van der Waals surface area contributed by atoms with Gasteiger partial charge in [-0.15, -0.1) is 26.3 Å². The van der Waals surface area contributed by atoms with Crippen LogP contribution in [0.4, 0.5) is 72.8 Å². The van der Waals surface area contributed by atoms with E-state index in [2.05, 4.69) is 34.8 Å². The molecule has 0 aliphatic rings. The number of pyridine rings is 2. The molecule has 6 rings (SSSR count). The minimum atomic E-state index is -5.20. The topological polar surface area (TPSA) is 209 Å². The molecule has 0 saturated carbocycles. The Morgan fingerprint density at radius 2 is 0.870 bits per heavy atom. The van der Waals surface area contributed by atoms with Crippen LogP contribution in [0.5, 0.6) is 46.0 Å². The first-order chi connectivity index (χ1) is 35.7. The zero-order valence-electron chi connectivity index (χ0n) is 39.3. The van der Waals surface area contributed by atoms with Gasteiger partial charge >= 0.3 is 31.0 Å². The Morgan fingerprint density at radius 1 is 0.506 bits per heavy atom. The molecule has 0 bridgehead atoms. The van der Waals surface area contributed by atoms with E-state index >= 15 is 8.78 Å². The van der Waals surface area contributed by atoms with Gasteiger partial charge in [-0.25, -0.2) is 18.6 Å². The highest BCUT2D eigenvalue weighted by Gasteiger charge is 2.40. The van der Waals surface area contributed by atoms with Gasteiger partial charge in [-0.05, 0) is 85.6 Å². The number of amides is 3. The third-order valence-corrected chi connectivity index (χ3v) is 9.80. The summed E-state index contributed by atoms with van der Waals surface area (Å²) < 4.78 is 219. The van der Waals surface area contributed by atoms with Crippen LogP contribution in [0.25, 0.3) is 0 Å². The van der Waals surface area contributed by atoms with Crippen molar-refractivity contribution in [1.29, 1.82) is 0 Å². The number of carbonyl (C=O) groups excluding carboxylic acids is 4. The Morgan fingerprint density at radius 3 is 1.21 bits per heavy atom. The maximum absolute atomic E-state index is 15.2. The molecule has 77 heavy (non-hydrogen) atoms. The third-order valence-electron chi connectivity index (χ3n) is 9.80. The molecule has 2 aromatic heterocycles. The molecule has 0 fully saturated rings. The summed E-state index contributed by atoms with van der Waals surface area (Å²) in [5.41, 5.74) is -1.10. The molecule has 6 aromatic rings. The smallest absolute Gasteiger partial charge is 0.493 e.